The number of amides is 1. The van der Waals surface area contributed by atoms with Crippen LogP contribution in [-0.4, -0.2) is 11.9 Å². The zero-order valence-electron chi connectivity index (χ0n) is 12.2. The van der Waals surface area contributed by atoms with Crippen LogP contribution in [0.4, 0.5) is 11.4 Å². The molecular formula is C17H19ClN2O. The summed E-state index contributed by atoms with van der Waals surface area (Å²) in [6.07, 6.45) is 0.921. The third kappa shape index (κ3) is 5.12. The molecule has 2 aromatic carbocycles. The quantitative estimate of drug-likeness (QED) is 0.862. The number of halogens is 1. The van der Waals surface area contributed by atoms with E-state index in [2.05, 4.69) is 17.6 Å². The Labute approximate surface area is 130 Å². The normalized spacial score (nSPS) is 11.8. The Hall–Kier alpha value is -2.00. The van der Waals surface area contributed by atoms with Gasteiger partial charge in [-0.1, -0.05) is 23.7 Å². The van der Waals surface area contributed by atoms with Gasteiger partial charge in [-0.3, -0.25) is 4.79 Å². The molecule has 0 aliphatic heterocycles. The van der Waals surface area contributed by atoms with E-state index in [-0.39, 0.29) is 5.91 Å². The number of nitrogens with one attached hydrogen (secondary N) is 2. The summed E-state index contributed by atoms with van der Waals surface area (Å²) in [5, 5.41) is 6.95. The van der Waals surface area contributed by atoms with Gasteiger partial charge in [0.05, 0.1) is 0 Å². The zero-order valence-corrected chi connectivity index (χ0v) is 12.9. The fourth-order valence-electron chi connectivity index (χ4n) is 2.16. The van der Waals surface area contributed by atoms with Crippen molar-refractivity contribution in [2.24, 2.45) is 0 Å². The highest BCUT2D eigenvalue weighted by Gasteiger charge is 2.04. The van der Waals surface area contributed by atoms with Gasteiger partial charge in [0.1, 0.15) is 0 Å². The summed E-state index contributed by atoms with van der Waals surface area (Å²) < 4.78 is 0. The van der Waals surface area contributed by atoms with Crippen LogP contribution >= 0.6 is 11.6 Å². The first-order valence-electron chi connectivity index (χ1n) is 6.91. The lowest BCUT2D eigenvalue weighted by Gasteiger charge is -2.16. The van der Waals surface area contributed by atoms with Gasteiger partial charge in [-0.2, -0.15) is 0 Å². The molecule has 3 nitrogen and oxygen atoms in total. The summed E-state index contributed by atoms with van der Waals surface area (Å²) in [6.45, 7) is 3.64. The van der Waals surface area contributed by atoms with Crippen molar-refractivity contribution in [3.05, 3.63) is 59.1 Å². The summed E-state index contributed by atoms with van der Waals surface area (Å²) in [5.41, 5.74) is 3.08. The average molecular weight is 303 g/mol. The van der Waals surface area contributed by atoms with E-state index in [1.54, 1.807) is 0 Å². The van der Waals surface area contributed by atoms with E-state index in [0.717, 1.165) is 22.8 Å². The second-order valence-electron chi connectivity index (χ2n) is 5.13. The molecule has 0 aliphatic rings. The molecule has 0 bridgehead atoms. The van der Waals surface area contributed by atoms with Gasteiger partial charge in [0, 0.05) is 29.4 Å². The number of hydrogen-bond donors (Lipinski definition) is 2. The molecule has 1 amide bonds. The molecule has 0 heterocycles. The first-order valence-corrected chi connectivity index (χ1v) is 7.29. The smallest absolute Gasteiger partial charge is 0.221 e. The molecule has 1 atom stereocenters. The van der Waals surface area contributed by atoms with Crippen molar-refractivity contribution in [3.8, 4) is 0 Å². The lowest BCUT2D eigenvalue weighted by Crippen LogP contribution is -2.18. The van der Waals surface area contributed by atoms with Crippen LogP contribution in [0.2, 0.25) is 5.02 Å². The highest BCUT2D eigenvalue weighted by atomic mass is 35.5. The van der Waals surface area contributed by atoms with E-state index >= 15 is 0 Å². The predicted octanol–water partition coefficient (Wildman–Crippen LogP) is 4.34. The lowest BCUT2D eigenvalue weighted by atomic mass is 10.1. The molecule has 0 spiro atoms. The molecule has 2 rings (SSSR count). The Bertz CT molecular complexity index is 593. The molecule has 4 heteroatoms. The molecule has 0 radical (unpaired) electrons. The molecule has 2 aromatic rings. The molecule has 2 N–H and O–H groups in total. The van der Waals surface area contributed by atoms with Crippen molar-refractivity contribution in [2.75, 3.05) is 10.6 Å². The highest BCUT2D eigenvalue weighted by molar-refractivity contribution is 6.30. The summed E-state index contributed by atoms with van der Waals surface area (Å²) >= 11 is 5.88. The fraction of sp³-hybridized carbons (Fsp3) is 0.235. The minimum atomic E-state index is -0.0631. The zero-order chi connectivity index (χ0) is 15.2. The van der Waals surface area contributed by atoms with E-state index in [1.165, 1.54) is 12.5 Å². The molecule has 110 valence electrons. The lowest BCUT2D eigenvalue weighted by molar-refractivity contribution is -0.114. The van der Waals surface area contributed by atoms with Gasteiger partial charge in [0.25, 0.3) is 0 Å². The summed E-state index contributed by atoms with van der Waals surface area (Å²) in [4.78, 5) is 11.0. The number of hydrogen-bond acceptors (Lipinski definition) is 2. The largest absolute Gasteiger partial charge is 0.382 e. The van der Waals surface area contributed by atoms with Crippen molar-refractivity contribution in [3.63, 3.8) is 0 Å². The third-order valence-corrected chi connectivity index (χ3v) is 3.33. The maximum absolute atomic E-state index is 11.0. The van der Waals surface area contributed by atoms with Crippen LogP contribution in [0.1, 0.15) is 19.4 Å². The van der Waals surface area contributed by atoms with Crippen LogP contribution in [0, 0.1) is 0 Å². The van der Waals surface area contributed by atoms with Gasteiger partial charge in [0.2, 0.25) is 5.91 Å². The Morgan fingerprint density at radius 1 is 1.05 bits per heavy atom. The van der Waals surface area contributed by atoms with Crippen LogP contribution < -0.4 is 10.6 Å². The topological polar surface area (TPSA) is 41.1 Å². The van der Waals surface area contributed by atoms with Crippen molar-refractivity contribution >= 4 is 28.9 Å². The Morgan fingerprint density at radius 2 is 1.62 bits per heavy atom. The number of benzene rings is 2. The SMILES string of the molecule is CC(=O)Nc1ccc(NC(C)Cc2ccc(Cl)cc2)cc1. The molecule has 0 saturated carbocycles. The third-order valence-electron chi connectivity index (χ3n) is 3.07. The molecule has 0 fully saturated rings. The number of rotatable bonds is 5. The summed E-state index contributed by atoms with van der Waals surface area (Å²) in [5.74, 6) is -0.0631. The average Bonchev–Trinajstić information content (AvgIpc) is 2.43. The number of carbonyl (C=O) groups excluding carboxylic acids is 1. The van der Waals surface area contributed by atoms with E-state index in [4.69, 9.17) is 11.6 Å². The van der Waals surface area contributed by atoms with Gasteiger partial charge in [-0.05, 0) is 55.3 Å². The Balaban J connectivity index is 1.91. The Morgan fingerprint density at radius 3 is 2.19 bits per heavy atom. The van der Waals surface area contributed by atoms with E-state index < -0.39 is 0 Å². The van der Waals surface area contributed by atoms with Crippen molar-refractivity contribution in [2.45, 2.75) is 26.3 Å². The van der Waals surface area contributed by atoms with Gasteiger partial charge in [-0.15, -0.1) is 0 Å². The molecule has 0 aliphatic carbocycles. The van der Waals surface area contributed by atoms with Gasteiger partial charge >= 0.3 is 0 Å². The minimum absolute atomic E-state index is 0.0631. The van der Waals surface area contributed by atoms with E-state index in [1.807, 2.05) is 48.5 Å². The summed E-state index contributed by atoms with van der Waals surface area (Å²) in [7, 11) is 0. The first-order chi connectivity index (χ1) is 10.0. The van der Waals surface area contributed by atoms with Gasteiger partial charge in [-0.25, -0.2) is 0 Å². The first kappa shape index (κ1) is 15.4. The van der Waals surface area contributed by atoms with Crippen LogP contribution in [0.15, 0.2) is 48.5 Å². The molecule has 21 heavy (non-hydrogen) atoms. The van der Waals surface area contributed by atoms with Crippen molar-refractivity contribution in [1.29, 1.82) is 0 Å². The standard InChI is InChI=1S/C17H19ClN2O/c1-12(11-14-3-5-15(18)6-4-14)19-16-7-9-17(10-8-16)20-13(2)21/h3-10,12,19H,11H2,1-2H3,(H,20,21). The molecular weight excluding hydrogens is 284 g/mol. The van der Waals surface area contributed by atoms with Crippen LogP contribution in [0.5, 0.6) is 0 Å². The monoisotopic (exact) mass is 302 g/mol. The Kier molecular flexibility index (Phi) is 5.23. The second-order valence-corrected chi connectivity index (χ2v) is 5.57. The van der Waals surface area contributed by atoms with E-state index in [9.17, 15) is 4.79 Å². The highest BCUT2D eigenvalue weighted by Crippen LogP contribution is 2.16. The van der Waals surface area contributed by atoms with Crippen molar-refractivity contribution < 1.29 is 4.79 Å². The van der Waals surface area contributed by atoms with Crippen molar-refractivity contribution in [1.82, 2.24) is 0 Å². The maximum atomic E-state index is 11.0. The van der Waals surface area contributed by atoms with Crippen LogP contribution in [0.25, 0.3) is 0 Å². The van der Waals surface area contributed by atoms with Gasteiger partial charge in [0.15, 0.2) is 0 Å². The second kappa shape index (κ2) is 7.14. The number of anilines is 2. The van der Waals surface area contributed by atoms with E-state index in [0.29, 0.717) is 6.04 Å². The predicted molar refractivity (Wildman–Crippen MR) is 89.0 cm³/mol. The summed E-state index contributed by atoms with van der Waals surface area (Å²) in [6, 6.07) is 15.9. The maximum Gasteiger partial charge on any atom is 0.221 e. The van der Waals surface area contributed by atoms with Crippen LogP contribution in [0.3, 0.4) is 0 Å². The molecule has 0 aromatic heterocycles. The fourth-order valence-corrected chi connectivity index (χ4v) is 2.29. The van der Waals surface area contributed by atoms with Gasteiger partial charge < -0.3 is 10.6 Å². The molecule has 1 unspecified atom stereocenters. The number of carbonyl (C=O) groups is 1. The minimum Gasteiger partial charge on any atom is -0.382 e. The molecule has 0 saturated heterocycles. The van der Waals surface area contributed by atoms with Crippen LogP contribution in [-0.2, 0) is 11.2 Å².